The molecule has 0 atom stereocenters. The lowest BCUT2D eigenvalue weighted by atomic mass is 10.4. The first kappa shape index (κ1) is 13.5. The van der Waals surface area contributed by atoms with E-state index in [1.54, 1.807) is 0 Å². The van der Waals surface area contributed by atoms with Crippen LogP contribution in [0.4, 0.5) is 0 Å². The van der Waals surface area contributed by atoms with Crippen LogP contribution in [0, 0.1) is 0 Å². The normalized spacial score (nSPS) is 20.1. The van der Waals surface area contributed by atoms with Gasteiger partial charge in [0.25, 0.3) is 10.0 Å². The van der Waals surface area contributed by atoms with Crippen molar-refractivity contribution >= 4 is 20.0 Å². The van der Waals surface area contributed by atoms with E-state index in [-0.39, 0.29) is 31.2 Å². The Labute approximate surface area is 106 Å². The molecule has 102 valence electrons. The molecule has 8 nitrogen and oxygen atoms in total. The van der Waals surface area contributed by atoms with Crippen molar-refractivity contribution in [3.63, 3.8) is 0 Å². The summed E-state index contributed by atoms with van der Waals surface area (Å²) in [6.45, 7) is 0.640. The van der Waals surface area contributed by atoms with Crippen molar-refractivity contribution in [2.24, 2.45) is 0 Å². The van der Waals surface area contributed by atoms with Gasteiger partial charge in [0.05, 0.1) is 18.8 Å². The fourth-order valence-corrected chi connectivity index (χ4v) is 3.91. The molecule has 0 unspecified atom stereocenters. The van der Waals surface area contributed by atoms with Gasteiger partial charge < -0.3 is 4.98 Å². The summed E-state index contributed by atoms with van der Waals surface area (Å²) in [5.74, 6) is 0. The zero-order valence-electron chi connectivity index (χ0n) is 9.77. The van der Waals surface area contributed by atoms with Gasteiger partial charge in [0, 0.05) is 26.2 Å². The molecule has 0 radical (unpaired) electrons. The first-order valence-electron chi connectivity index (χ1n) is 5.25. The van der Waals surface area contributed by atoms with Crippen LogP contribution in [0.1, 0.15) is 0 Å². The number of hydrogen-bond acceptors (Lipinski definition) is 5. The highest BCUT2D eigenvalue weighted by atomic mass is 32.2. The van der Waals surface area contributed by atoms with E-state index in [1.807, 2.05) is 0 Å². The van der Waals surface area contributed by atoms with Crippen LogP contribution in [0.25, 0.3) is 0 Å². The summed E-state index contributed by atoms with van der Waals surface area (Å²) < 4.78 is 49.3. The molecule has 1 aliphatic rings. The van der Waals surface area contributed by atoms with E-state index < -0.39 is 20.0 Å². The minimum Gasteiger partial charge on any atom is -0.335 e. The largest absolute Gasteiger partial charge is 0.335 e. The van der Waals surface area contributed by atoms with Gasteiger partial charge in [-0.3, -0.25) is 0 Å². The Morgan fingerprint density at radius 1 is 1.11 bits per heavy atom. The predicted molar refractivity (Wildman–Crippen MR) is 63.8 cm³/mol. The van der Waals surface area contributed by atoms with Gasteiger partial charge in [0.15, 0.2) is 5.03 Å². The van der Waals surface area contributed by atoms with Crippen LogP contribution in [-0.4, -0.2) is 67.8 Å². The lowest BCUT2D eigenvalue weighted by molar-refractivity contribution is 0.273. The Hall–Kier alpha value is -0.970. The molecule has 1 saturated heterocycles. The summed E-state index contributed by atoms with van der Waals surface area (Å²) in [5, 5.41) is 0.0234. The number of rotatable bonds is 3. The number of imidazole rings is 1. The second kappa shape index (κ2) is 4.61. The van der Waals surface area contributed by atoms with Gasteiger partial charge in [-0.1, -0.05) is 0 Å². The van der Waals surface area contributed by atoms with E-state index >= 15 is 0 Å². The molecule has 0 amide bonds. The SMILES string of the molecule is CS(=O)(=O)N1CCN(S(=O)(=O)c2cnc[nH]2)CC1. The average molecular weight is 294 g/mol. The number of aromatic amines is 1. The van der Waals surface area contributed by atoms with E-state index in [1.165, 1.54) is 21.1 Å². The highest BCUT2D eigenvalue weighted by Gasteiger charge is 2.31. The molecule has 18 heavy (non-hydrogen) atoms. The van der Waals surface area contributed by atoms with Crippen LogP contribution in [-0.2, 0) is 20.0 Å². The fraction of sp³-hybridized carbons (Fsp3) is 0.625. The number of aromatic nitrogens is 2. The standard InChI is InChI=1S/C8H14N4O4S2/c1-17(13,14)11-2-4-12(5-3-11)18(15,16)8-6-9-7-10-8/h6-7H,2-5H2,1H3,(H,9,10). The van der Waals surface area contributed by atoms with E-state index in [2.05, 4.69) is 9.97 Å². The highest BCUT2D eigenvalue weighted by Crippen LogP contribution is 2.15. The quantitative estimate of drug-likeness (QED) is 0.744. The summed E-state index contributed by atoms with van der Waals surface area (Å²) in [6.07, 6.45) is 3.64. The van der Waals surface area contributed by atoms with Crippen LogP contribution >= 0.6 is 0 Å². The zero-order chi connectivity index (χ0) is 13.4. The molecule has 0 spiro atoms. The second-order valence-corrected chi connectivity index (χ2v) is 7.87. The minimum absolute atomic E-state index is 0.0234. The first-order chi connectivity index (χ1) is 8.32. The summed E-state index contributed by atoms with van der Waals surface area (Å²) in [5.41, 5.74) is 0. The molecule has 1 aromatic rings. The zero-order valence-corrected chi connectivity index (χ0v) is 11.4. The fourth-order valence-electron chi connectivity index (χ4n) is 1.77. The number of nitrogens with one attached hydrogen (secondary N) is 1. The maximum Gasteiger partial charge on any atom is 0.260 e. The number of H-pyrrole nitrogens is 1. The molecule has 1 fully saturated rings. The molecule has 0 saturated carbocycles. The van der Waals surface area contributed by atoms with Gasteiger partial charge >= 0.3 is 0 Å². The maximum atomic E-state index is 12.1. The van der Waals surface area contributed by atoms with Gasteiger partial charge in [-0.15, -0.1) is 0 Å². The molecule has 2 rings (SSSR count). The van der Waals surface area contributed by atoms with E-state index in [0.29, 0.717) is 0 Å². The lowest BCUT2D eigenvalue weighted by Gasteiger charge is -2.31. The third-order valence-corrected chi connectivity index (χ3v) is 5.88. The number of sulfonamides is 2. The van der Waals surface area contributed by atoms with Crippen molar-refractivity contribution in [2.45, 2.75) is 5.03 Å². The van der Waals surface area contributed by atoms with Crippen molar-refractivity contribution in [3.8, 4) is 0 Å². The molecule has 1 aromatic heterocycles. The Morgan fingerprint density at radius 2 is 1.67 bits per heavy atom. The summed E-state index contributed by atoms with van der Waals surface area (Å²) >= 11 is 0. The molecular formula is C8H14N4O4S2. The van der Waals surface area contributed by atoms with Crippen LogP contribution < -0.4 is 0 Å². The average Bonchev–Trinajstić information content (AvgIpc) is 2.82. The summed E-state index contributed by atoms with van der Waals surface area (Å²) in [7, 11) is -6.85. The molecular weight excluding hydrogens is 280 g/mol. The predicted octanol–water partition coefficient (Wildman–Crippen LogP) is -1.32. The summed E-state index contributed by atoms with van der Waals surface area (Å²) in [6, 6.07) is 0. The van der Waals surface area contributed by atoms with Crippen LogP contribution in [0.5, 0.6) is 0 Å². The second-order valence-electron chi connectivity index (χ2n) is 3.98. The third-order valence-electron chi connectivity index (χ3n) is 2.76. The van der Waals surface area contributed by atoms with Crippen molar-refractivity contribution in [1.82, 2.24) is 18.6 Å². The van der Waals surface area contributed by atoms with Crippen LogP contribution in [0.3, 0.4) is 0 Å². The highest BCUT2D eigenvalue weighted by molar-refractivity contribution is 7.89. The smallest absolute Gasteiger partial charge is 0.260 e. The molecule has 10 heteroatoms. The molecule has 0 aliphatic carbocycles. The minimum atomic E-state index is -3.59. The third kappa shape index (κ3) is 2.55. The van der Waals surface area contributed by atoms with E-state index in [4.69, 9.17) is 0 Å². The Balaban J connectivity index is 2.11. The molecule has 1 aliphatic heterocycles. The van der Waals surface area contributed by atoms with E-state index in [0.717, 1.165) is 6.26 Å². The van der Waals surface area contributed by atoms with Gasteiger partial charge in [-0.05, 0) is 0 Å². The molecule has 0 bridgehead atoms. The lowest BCUT2D eigenvalue weighted by Crippen LogP contribution is -2.50. The Morgan fingerprint density at radius 3 is 2.11 bits per heavy atom. The maximum absolute atomic E-state index is 12.1. The number of piperazine rings is 1. The monoisotopic (exact) mass is 294 g/mol. The Kier molecular flexibility index (Phi) is 3.45. The summed E-state index contributed by atoms with van der Waals surface area (Å²) in [4.78, 5) is 6.21. The topological polar surface area (TPSA) is 103 Å². The van der Waals surface area contributed by atoms with Crippen LogP contribution in [0.2, 0.25) is 0 Å². The van der Waals surface area contributed by atoms with E-state index in [9.17, 15) is 16.8 Å². The molecule has 0 aromatic carbocycles. The van der Waals surface area contributed by atoms with Gasteiger partial charge in [-0.2, -0.15) is 8.61 Å². The number of hydrogen-bond donors (Lipinski definition) is 1. The Bertz CT molecular complexity index is 600. The van der Waals surface area contributed by atoms with Crippen molar-refractivity contribution in [1.29, 1.82) is 0 Å². The van der Waals surface area contributed by atoms with Gasteiger partial charge in [0.1, 0.15) is 0 Å². The van der Waals surface area contributed by atoms with Gasteiger partial charge in [-0.25, -0.2) is 21.8 Å². The van der Waals surface area contributed by atoms with Gasteiger partial charge in [0.2, 0.25) is 10.0 Å². The van der Waals surface area contributed by atoms with Crippen molar-refractivity contribution in [3.05, 3.63) is 12.5 Å². The molecule has 2 heterocycles. The first-order valence-corrected chi connectivity index (χ1v) is 8.54. The van der Waals surface area contributed by atoms with Crippen molar-refractivity contribution in [2.75, 3.05) is 32.4 Å². The molecule has 1 N–H and O–H groups in total. The van der Waals surface area contributed by atoms with Crippen molar-refractivity contribution < 1.29 is 16.8 Å². The van der Waals surface area contributed by atoms with Crippen LogP contribution in [0.15, 0.2) is 17.6 Å². The number of nitrogens with zero attached hydrogens (tertiary/aromatic N) is 3.